The predicted octanol–water partition coefficient (Wildman–Crippen LogP) is 1.29. The first-order valence-corrected chi connectivity index (χ1v) is 10.1. The van der Waals surface area contributed by atoms with Gasteiger partial charge < -0.3 is 4.74 Å². The van der Waals surface area contributed by atoms with E-state index in [9.17, 15) is 16.8 Å². The molecular weight excluding hydrogens is 320 g/mol. The monoisotopic (exact) mass is 346 g/mol. The van der Waals surface area contributed by atoms with Gasteiger partial charge in [-0.25, -0.2) is 0 Å². The molecule has 0 saturated heterocycles. The summed E-state index contributed by atoms with van der Waals surface area (Å²) in [5.41, 5.74) is -1.94. The van der Waals surface area contributed by atoms with Crippen LogP contribution in [0.3, 0.4) is 0 Å². The van der Waals surface area contributed by atoms with E-state index in [-0.39, 0.29) is 0 Å². The number of hydrogen-bond donors (Lipinski definition) is 0. The highest BCUT2D eigenvalue weighted by atomic mass is 32.2. The Labute approximate surface area is 128 Å². The Kier molecular flexibility index (Phi) is 6.42. The quantitative estimate of drug-likeness (QED) is 0.611. The third-order valence-electron chi connectivity index (χ3n) is 3.12. The maximum absolute atomic E-state index is 11.2. The Morgan fingerprint density at radius 1 is 0.714 bits per heavy atom. The minimum atomic E-state index is -3.62. The van der Waals surface area contributed by atoms with Gasteiger partial charge in [0.05, 0.1) is 23.7 Å². The van der Waals surface area contributed by atoms with E-state index in [0.29, 0.717) is 0 Å². The van der Waals surface area contributed by atoms with Gasteiger partial charge >= 0.3 is 0 Å². The van der Waals surface area contributed by atoms with Crippen LogP contribution in [-0.2, 0) is 33.3 Å². The summed E-state index contributed by atoms with van der Waals surface area (Å²) in [7, 11) is -7.24. The Morgan fingerprint density at radius 2 is 0.952 bits per heavy atom. The van der Waals surface area contributed by atoms with Crippen LogP contribution < -0.4 is 0 Å². The van der Waals surface area contributed by atoms with Gasteiger partial charge in [0.25, 0.3) is 20.2 Å². The van der Waals surface area contributed by atoms with Gasteiger partial charge in [0.1, 0.15) is 12.2 Å². The minimum Gasteiger partial charge on any atom is -0.364 e. The van der Waals surface area contributed by atoms with Crippen LogP contribution >= 0.6 is 0 Å². The Morgan fingerprint density at radius 3 is 1.14 bits per heavy atom. The smallest absolute Gasteiger partial charge is 0.264 e. The molecular formula is C12H26O7S2. The molecule has 0 heterocycles. The van der Waals surface area contributed by atoms with Gasteiger partial charge in [-0.05, 0) is 41.5 Å². The third-order valence-corrected chi connectivity index (χ3v) is 4.40. The van der Waals surface area contributed by atoms with Gasteiger partial charge in [-0.15, -0.1) is 0 Å². The largest absolute Gasteiger partial charge is 0.364 e. The van der Waals surface area contributed by atoms with Gasteiger partial charge in [-0.1, -0.05) is 0 Å². The van der Waals surface area contributed by atoms with Gasteiger partial charge in [0.15, 0.2) is 0 Å². The molecule has 0 N–H and O–H groups in total. The lowest BCUT2D eigenvalue weighted by atomic mass is 9.97. The summed E-state index contributed by atoms with van der Waals surface area (Å²) in [6.45, 7) is 9.80. The van der Waals surface area contributed by atoms with Crippen LogP contribution in [0.4, 0.5) is 0 Å². The van der Waals surface area contributed by atoms with Crippen molar-refractivity contribution in [3.05, 3.63) is 0 Å². The van der Waals surface area contributed by atoms with E-state index < -0.39 is 43.6 Å². The molecule has 0 aliphatic heterocycles. The molecule has 2 unspecified atom stereocenters. The van der Waals surface area contributed by atoms with Crippen LogP contribution in [0.25, 0.3) is 0 Å². The summed E-state index contributed by atoms with van der Waals surface area (Å²) in [5.74, 6) is 0. The third kappa shape index (κ3) is 8.10. The second-order valence-electron chi connectivity index (χ2n) is 6.19. The van der Waals surface area contributed by atoms with E-state index in [4.69, 9.17) is 13.1 Å². The second-order valence-corrected chi connectivity index (χ2v) is 9.40. The summed E-state index contributed by atoms with van der Waals surface area (Å²) >= 11 is 0. The normalized spacial score (nSPS) is 17.5. The lowest BCUT2D eigenvalue weighted by molar-refractivity contribution is -0.188. The van der Waals surface area contributed by atoms with Crippen molar-refractivity contribution in [2.75, 3.05) is 12.5 Å². The van der Waals surface area contributed by atoms with Gasteiger partial charge in [-0.2, -0.15) is 16.8 Å². The summed E-state index contributed by atoms with van der Waals surface area (Å²) < 4.78 is 60.5. The van der Waals surface area contributed by atoms with E-state index in [1.165, 1.54) is 0 Å². The average molecular weight is 346 g/mol. The maximum Gasteiger partial charge on any atom is 0.264 e. The standard InChI is InChI=1S/C12H26O7S2/c1-9(17-20(7,13)14)11(3,4)19-12(5,6)10(2)18-21(8,15)16/h9-10H,1-8H3. The van der Waals surface area contributed by atoms with Crippen molar-refractivity contribution in [3.63, 3.8) is 0 Å². The molecule has 0 fully saturated rings. The van der Waals surface area contributed by atoms with Gasteiger partial charge in [0.2, 0.25) is 0 Å². The molecule has 9 heteroatoms. The summed E-state index contributed by atoms with van der Waals surface area (Å²) in [5, 5.41) is 0. The van der Waals surface area contributed by atoms with E-state index in [0.717, 1.165) is 12.5 Å². The topological polar surface area (TPSA) is 96.0 Å². The fourth-order valence-corrected chi connectivity index (χ4v) is 3.11. The first kappa shape index (κ1) is 20.8. The molecule has 0 bridgehead atoms. The molecule has 0 spiro atoms. The van der Waals surface area contributed by atoms with Crippen LogP contribution in [0.15, 0.2) is 0 Å². The molecule has 21 heavy (non-hydrogen) atoms. The Hall–Kier alpha value is -0.220. The molecule has 0 saturated carbocycles. The highest BCUT2D eigenvalue weighted by molar-refractivity contribution is 7.86. The SMILES string of the molecule is CC(OS(C)(=O)=O)C(C)(C)OC(C)(C)C(C)OS(C)(=O)=O. The average Bonchev–Trinajstić information content (AvgIpc) is 2.09. The van der Waals surface area contributed by atoms with Crippen LogP contribution in [0.2, 0.25) is 0 Å². The van der Waals surface area contributed by atoms with Crippen LogP contribution in [-0.4, -0.2) is 52.8 Å². The van der Waals surface area contributed by atoms with Crippen LogP contribution in [0, 0.1) is 0 Å². The van der Waals surface area contributed by atoms with Crippen LogP contribution in [0.1, 0.15) is 41.5 Å². The molecule has 128 valence electrons. The van der Waals surface area contributed by atoms with E-state index >= 15 is 0 Å². The number of ether oxygens (including phenoxy) is 1. The highest BCUT2D eigenvalue weighted by Crippen LogP contribution is 2.29. The molecule has 0 amide bonds. The zero-order valence-corrected chi connectivity index (χ0v) is 15.5. The van der Waals surface area contributed by atoms with Crippen molar-refractivity contribution in [3.8, 4) is 0 Å². The summed E-state index contributed by atoms with van der Waals surface area (Å²) in [6.07, 6.45) is 0.412. The van der Waals surface area contributed by atoms with Crippen molar-refractivity contribution >= 4 is 20.2 Å². The van der Waals surface area contributed by atoms with E-state index in [2.05, 4.69) is 0 Å². The second kappa shape index (κ2) is 6.49. The van der Waals surface area contributed by atoms with Crippen molar-refractivity contribution in [2.45, 2.75) is 65.0 Å². The fraction of sp³-hybridized carbons (Fsp3) is 1.00. The first-order valence-electron chi connectivity index (χ1n) is 6.43. The molecule has 7 nitrogen and oxygen atoms in total. The molecule has 0 aromatic rings. The number of hydrogen-bond acceptors (Lipinski definition) is 7. The van der Waals surface area contributed by atoms with Crippen molar-refractivity contribution < 1.29 is 29.9 Å². The molecule has 0 aliphatic carbocycles. The molecule has 2 atom stereocenters. The summed E-state index contributed by atoms with van der Waals surface area (Å²) in [6, 6.07) is 0. The first-order chi connectivity index (χ1) is 8.96. The molecule has 0 rings (SSSR count). The fourth-order valence-electron chi connectivity index (χ4n) is 1.60. The Bertz CT molecular complexity index is 496. The Balaban J connectivity index is 5.05. The van der Waals surface area contributed by atoms with Gasteiger partial charge in [0, 0.05) is 0 Å². The predicted molar refractivity (Wildman–Crippen MR) is 80.0 cm³/mol. The summed E-state index contributed by atoms with van der Waals surface area (Å²) in [4.78, 5) is 0. The lowest BCUT2D eigenvalue weighted by Gasteiger charge is -2.41. The number of rotatable bonds is 8. The minimum absolute atomic E-state index is 0.753. The van der Waals surface area contributed by atoms with E-state index in [1.807, 2.05) is 0 Å². The molecule has 0 aromatic heterocycles. The maximum atomic E-state index is 11.2. The lowest BCUT2D eigenvalue weighted by Crippen LogP contribution is -2.51. The van der Waals surface area contributed by atoms with Crippen molar-refractivity contribution in [1.82, 2.24) is 0 Å². The van der Waals surface area contributed by atoms with Crippen molar-refractivity contribution in [1.29, 1.82) is 0 Å². The molecule has 0 radical (unpaired) electrons. The highest BCUT2D eigenvalue weighted by Gasteiger charge is 2.40. The van der Waals surface area contributed by atoms with Crippen LogP contribution in [0.5, 0.6) is 0 Å². The zero-order valence-electron chi connectivity index (χ0n) is 13.8. The molecule has 0 aliphatic rings. The molecule has 0 aromatic carbocycles. The zero-order chi connectivity index (χ0) is 17.3. The van der Waals surface area contributed by atoms with Crippen molar-refractivity contribution in [2.24, 2.45) is 0 Å². The van der Waals surface area contributed by atoms with E-state index in [1.54, 1.807) is 41.5 Å². The van der Waals surface area contributed by atoms with Gasteiger partial charge in [-0.3, -0.25) is 8.37 Å².